The first-order chi connectivity index (χ1) is 7.68. The second kappa shape index (κ2) is 10.9. The van der Waals surface area contributed by atoms with Gasteiger partial charge in [-0.3, -0.25) is 4.79 Å². The van der Waals surface area contributed by atoms with Crippen molar-refractivity contribution < 1.29 is 4.79 Å². The van der Waals surface area contributed by atoms with Crippen LogP contribution >= 0.6 is 0 Å². The minimum absolute atomic E-state index is 0.239. The lowest BCUT2D eigenvalue weighted by atomic mass is 10.0. The Morgan fingerprint density at radius 2 is 1.31 bits per heavy atom. The van der Waals surface area contributed by atoms with Gasteiger partial charge in [-0.25, -0.2) is 0 Å². The summed E-state index contributed by atoms with van der Waals surface area (Å²) in [5.41, 5.74) is 0.708. The Morgan fingerprint density at radius 1 is 0.875 bits per heavy atom. The standard InChI is InChI=1S/C15H28O/c1-4-5-6-7-8-9-10-11-12-13-15(16)14(2)3/h2,4-13H2,1,3H3. The lowest BCUT2D eigenvalue weighted by Crippen LogP contribution is -1.97. The van der Waals surface area contributed by atoms with Gasteiger partial charge in [0.15, 0.2) is 5.78 Å². The van der Waals surface area contributed by atoms with Gasteiger partial charge in [-0.05, 0) is 18.9 Å². The first-order valence-electron chi connectivity index (χ1n) is 6.87. The summed E-state index contributed by atoms with van der Waals surface area (Å²) in [5.74, 6) is 0.239. The highest BCUT2D eigenvalue weighted by Gasteiger charge is 2.01. The number of ketones is 1. The van der Waals surface area contributed by atoms with Gasteiger partial charge in [-0.1, -0.05) is 64.9 Å². The monoisotopic (exact) mass is 224 g/mol. The highest BCUT2D eigenvalue weighted by Crippen LogP contribution is 2.11. The maximum absolute atomic E-state index is 11.3. The molecule has 0 spiro atoms. The Balaban J connectivity index is 3.10. The smallest absolute Gasteiger partial charge is 0.157 e. The van der Waals surface area contributed by atoms with Crippen molar-refractivity contribution in [3.63, 3.8) is 0 Å². The van der Waals surface area contributed by atoms with Crippen LogP contribution in [-0.2, 0) is 4.79 Å². The summed E-state index contributed by atoms with van der Waals surface area (Å²) in [6, 6.07) is 0. The Morgan fingerprint density at radius 3 is 1.75 bits per heavy atom. The summed E-state index contributed by atoms with van der Waals surface area (Å²) in [6.45, 7) is 7.71. The fourth-order valence-corrected chi connectivity index (χ4v) is 1.81. The van der Waals surface area contributed by atoms with Crippen molar-refractivity contribution in [2.24, 2.45) is 0 Å². The van der Waals surface area contributed by atoms with Crippen LogP contribution in [0.4, 0.5) is 0 Å². The molecule has 0 rings (SSSR count). The molecule has 94 valence electrons. The lowest BCUT2D eigenvalue weighted by Gasteiger charge is -2.01. The topological polar surface area (TPSA) is 17.1 Å². The van der Waals surface area contributed by atoms with Crippen molar-refractivity contribution in [1.82, 2.24) is 0 Å². The molecule has 0 heterocycles. The van der Waals surface area contributed by atoms with Crippen LogP contribution in [0.15, 0.2) is 12.2 Å². The molecule has 0 aliphatic heterocycles. The molecule has 0 N–H and O–H groups in total. The molecular weight excluding hydrogens is 196 g/mol. The second-order valence-corrected chi connectivity index (χ2v) is 4.78. The summed E-state index contributed by atoms with van der Waals surface area (Å²) in [5, 5.41) is 0. The van der Waals surface area contributed by atoms with Gasteiger partial charge in [0, 0.05) is 6.42 Å². The van der Waals surface area contributed by atoms with E-state index < -0.39 is 0 Å². The van der Waals surface area contributed by atoms with E-state index in [0.29, 0.717) is 12.0 Å². The van der Waals surface area contributed by atoms with Gasteiger partial charge in [0.1, 0.15) is 0 Å². The lowest BCUT2D eigenvalue weighted by molar-refractivity contribution is -0.115. The molecule has 0 amide bonds. The van der Waals surface area contributed by atoms with Gasteiger partial charge >= 0.3 is 0 Å². The van der Waals surface area contributed by atoms with E-state index in [9.17, 15) is 4.79 Å². The molecular formula is C15H28O. The minimum atomic E-state index is 0.239. The number of hydrogen-bond donors (Lipinski definition) is 0. The van der Waals surface area contributed by atoms with Gasteiger partial charge in [0.2, 0.25) is 0 Å². The highest BCUT2D eigenvalue weighted by atomic mass is 16.1. The van der Waals surface area contributed by atoms with E-state index in [1.54, 1.807) is 6.92 Å². The number of unbranched alkanes of at least 4 members (excludes halogenated alkanes) is 8. The third-order valence-corrected chi connectivity index (χ3v) is 2.98. The van der Waals surface area contributed by atoms with Crippen molar-refractivity contribution in [3.05, 3.63) is 12.2 Å². The largest absolute Gasteiger partial charge is 0.295 e. The van der Waals surface area contributed by atoms with E-state index in [-0.39, 0.29) is 5.78 Å². The zero-order valence-electron chi connectivity index (χ0n) is 11.2. The van der Waals surface area contributed by atoms with E-state index in [2.05, 4.69) is 13.5 Å². The van der Waals surface area contributed by atoms with Crippen LogP contribution in [0, 0.1) is 0 Å². The Bertz CT molecular complexity index is 194. The van der Waals surface area contributed by atoms with Crippen molar-refractivity contribution in [1.29, 1.82) is 0 Å². The number of carbonyl (C=O) groups is 1. The molecule has 0 aliphatic carbocycles. The van der Waals surface area contributed by atoms with Gasteiger partial charge in [0.05, 0.1) is 0 Å². The third-order valence-electron chi connectivity index (χ3n) is 2.98. The molecule has 1 heteroatoms. The van der Waals surface area contributed by atoms with Gasteiger partial charge in [-0.15, -0.1) is 0 Å². The average molecular weight is 224 g/mol. The van der Waals surface area contributed by atoms with Gasteiger partial charge < -0.3 is 0 Å². The van der Waals surface area contributed by atoms with Crippen LogP contribution in [0.1, 0.15) is 78.1 Å². The maximum Gasteiger partial charge on any atom is 0.157 e. The van der Waals surface area contributed by atoms with E-state index in [1.165, 1.54) is 51.4 Å². The SMILES string of the molecule is C=C(C)C(=O)CCCCCCCCCCC. The quantitative estimate of drug-likeness (QED) is 0.354. The normalized spacial score (nSPS) is 10.4. The minimum Gasteiger partial charge on any atom is -0.295 e. The molecule has 0 saturated carbocycles. The zero-order valence-corrected chi connectivity index (χ0v) is 11.2. The molecule has 0 aromatic heterocycles. The molecule has 0 aromatic rings. The number of carbonyl (C=O) groups excluding carboxylic acids is 1. The van der Waals surface area contributed by atoms with Gasteiger partial charge in [-0.2, -0.15) is 0 Å². The first-order valence-corrected chi connectivity index (χ1v) is 6.87. The summed E-state index contributed by atoms with van der Waals surface area (Å²) in [6.07, 6.45) is 12.4. The van der Waals surface area contributed by atoms with Crippen molar-refractivity contribution in [3.8, 4) is 0 Å². The van der Waals surface area contributed by atoms with Crippen LogP contribution < -0.4 is 0 Å². The number of rotatable bonds is 11. The Labute approximate surface area is 101 Å². The summed E-state index contributed by atoms with van der Waals surface area (Å²) < 4.78 is 0. The Hall–Kier alpha value is -0.590. The van der Waals surface area contributed by atoms with Crippen LogP contribution in [0.2, 0.25) is 0 Å². The fraction of sp³-hybridized carbons (Fsp3) is 0.800. The van der Waals surface area contributed by atoms with E-state index >= 15 is 0 Å². The summed E-state index contributed by atoms with van der Waals surface area (Å²) in [7, 11) is 0. The summed E-state index contributed by atoms with van der Waals surface area (Å²) in [4.78, 5) is 11.3. The van der Waals surface area contributed by atoms with Crippen LogP contribution in [-0.4, -0.2) is 5.78 Å². The van der Waals surface area contributed by atoms with Crippen molar-refractivity contribution in [2.45, 2.75) is 78.1 Å². The third kappa shape index (κ3) is 9.95. The second-order valence-electron chi connectivity index (χ2n) is 4.78. The predicted octanol–water partition coefficient (Wildman–Crippen LogP) is 5.05. The fourth-order valence-electron chi connectivity index (χ4n) is 1.81. The zero-order chi connectivity index (χ0) is 12.2. The van der Waals surface area contributed by atoms with Crippen LogP contribution in [0.3, 0.4) is 0 Å². The average Bonchev–Trinajstić information content (AvgIpc) is 2.26. The van der Waals surface area contributed by atoms with Crippen molar-refractivity contribution in [2.75, 3.05) is 0 Å². The molecule has 16 heavy (non-hydrogen) atoms. The molecule has 0 unspecified atom stereocenters. The molecule has 0 radical (unpaired) electrons. The molecule has 0 saturated heterocycles. The predicted molar refractivity (Wildman–Crippen MR) is 71.7 cm³/mol. The molecule has 0 bridgehead atoms. The van der Waals surface area contributed by atoms with E-state index in [4.69, 9.17) is 0 Å². The maximum atomic E-state index is 11.3. The highest BCUT2D eigenvalue weighted by molar-refractivity contribution is 5.93. The number of allylic oxidation sites excluding steroid dienone is 1. The van der Waals surface area contributed by atoms with E-state index in [0.717, 1.165) is 6.42 Å². The molecule has 1 nitrogen and oxygen atoms in total. The molecule has 0 aromatic carbocycles. The first kappa shape index (κ1) is 15.4. The number of Topliss-reactive ketones (excluding diaryl/α,β-unsaturated/α-hetero) is 1. The molecule has 0 aliphatic rings. The number of hydrogen-bond acceptors (Lipinski definition) is 1. The van der Waals surface area contributed by atoms with Crippen molar-refractivity contribution >= 4 is 5.78 Å². The van der Waals surface area contributed by atoms with Crippen LogP contribution in [0.5, 0.6) is 0 Å². The van der Waals surface area contributed by atoms with E-state index in [1.807, 2.05) is 0 Å². The van der Waals surface area contributed by atoms with Crippen LogP contribution in [0.25, 0.3) is 0 Å². The summed E-state index contributed by atoms with van der Waals surface area (Å²) >= 11 is 0. The molecule has 0 fully saturated rings. The van der Waals surface area contributed by atoms with Gasteiger partial charge in [0.25, 0.3) is 0 Å². The molecule has 0 atom stereocenters. The Kier molecular flexibility index (Phi) is 10.5.